The van der Waals surface area contributed by atoms with Crippen molar-refractivity contribution < 1.29 is 13.2 Å². The lowest BCUT2D eigenvalue weighted by Gasteiger charge is -2.33. The maximum atomic E-state index is 12.5. The average Bonchev–Trinajstić information content (AvgIpc) is 3.19. The fraction of sp³-hybridized carbons (Fsp3) is 0.429. The van der Waals surface area contributed by atoms with E-state index in [-0.39, 0.29) is 5.91 Å². The second-order valence-electron chi connectivity index (χ2n) is 5.40. The maximum Gasteiger partial charge on any atom is 0.257 e. The molecule has 124 valence electrons. The lowest BCUT2D eigenvalue weighted by atomic mass is 10.2. The SMILES string of the molecule is Cc1c(C(=O)N2CCN(S(=O)(=O)c3cccs3)CC2)cnn1C. The molecule has 1 amide bonds. The van der Waals surface area contributed by atoms with Crippen molar-refractivity contribution in [3.05, 3.63) is 35.0 Å². The fourth-order valence-electron chi connectivity index (χ4n) is 2.55. The van der Waals surface area contributed by atoms with Gasteiger partial charge in [-0.2, -0.15) is 9.40 Å². The smallest absolute Gasteiger partial charge is 0.257 e. The summed E-state index contributed by atoms with van der Waals surface area (Å²) in [6.45, 7) is 3.24. The summed E-state index contributed by atoms with van der Waals surface area (Å²) in [4.78, 5) is 14.2. The van der Waals surface area contributed by atoms with Crippen molar-refractivity contribution in [3.8, 4) is 0 Å². The Morgan fingerprint density at radius 1 is 1.26 bits per heavy atom. The van der Waals surface area contributed by atoms with Crippen molar-refractivity contribution >= 4 is 27.3 Å². The predicted molar refractivity (Wildman–Crippen MR) is 86.9 cm³/mol. The summed E-state index contributed by atoms with van der Waals surface area (Å²) in [5.74, 6) is -0.0937. The van der Waals surface area contributed by atoms with Crippen LogP contribution < -0.4 is 0 Å². The molecule has 0 bridgehead atoms. The number of aromatic nitrogens is 2. The molecule has 1 fully saturated rings. The predicted octanol–water partition coefficient (Wildman–Crippen LogP) is 0.937. The van der Waals surface area contributed by atoms with Gasteiger partial charge in [0.25, 0.3) is 15.9 Å². The van der Waals surface area contributed by atoms with Crippen molar-refractivity contribution in [1.82, 2.24) is 19.0 Å². The zero-order chi connectivity index (χ0) is 16.6. The van der Waals surface area contributed by atoms with Crippen LogP contribution in [-0.2, 0) is 17.1 Å². The average molecular weight is 354 g/mol. The molecule has 0 spiro atoms. The van der Waals surface area contributed by atoms with E-state index in [1.165, 1.54) is 15.6 Å². The molecule has 9 heteroatoms. The van der Waals surface area contributed by atoms with Gasteiger partial charge in [-0.3, -0.25) is 9.48 Å². The normalized spacial score (nSPS) is 16.7. The van der Waals surface area contributed by atoms with Crippen LogP contribution in [0.15, 0.2) is 27.9 Å². The molecule has 0 radical (unpaired) electrons. The van der Waals surface area contributed by atoms with Gasteiger partial charge in [0.15, 0.2) is 0 Å². The molecular weight excluding hydrogens is 336 g/mol. The third-order valence-electron chi connectivity index (χ3n) is 4.08. The van der Waals surface area contributed by atoms with E-state index in [0.29, 0.717) is 36.0 Å². The Labute approximate surface area is 139 Å². The molecule has 1 saturated heterocycles. The van der Waals surface area contributed by atoms with Gasteiger partial charge in [-0.25, -0.2) is 8.42 Å². The first-order valence-corrected chi connectivity index (χ1v) is 9.55. The monoisotopic (exact) mass is 354 g/mol. The fourth-order valence-corrected chi connectivity index (χ4v) is 5.11. The Hall–Kier alpha value is -1.71. The van der Waals surface area contributed by atoms with Crippen molar-refractivity contribution in [3.63, 3.8) is 0 Å². The van der Waals surface area contributed by atoms with Gasteiger partial charge >= 0.3 is 0 Å². The Morgan fingerprint density at radius 3 is 2.48 bits per heavy atom. The molecule has 2 aromatic rings. The Bertz CT molecular complexity index is 803. The number of hydrogen-bond acceptors (Lipinski definition) is 5. The van der Waals surface area contributed by atoms with Crippen LogP contribution in [-0.4, -0.2) is 59.5 Å². The highest BCUT2D eigenvalue weighted by Crippen LogP contribution is 2.22. The van der Waals surface area contributed by atoms with Gasteiger partial charge in [-0.1, -0.05) is 6.07 Å². The molecule has 0 aromatic carbocycles. The van der Waals surface area contributed by atoms with Gasteiger partial charge in [-0.15, -0.1) is 11.3 Å². The van der Waals surface area contributed by atoms with Crippen molar-refractivity contribution in [2.75, 3.05) is 26.2 Å². The number of hydrogen-bond donors (Lipinski definition) is 0. The minimum atomic E-state index is -3.44. The molecule has 3 rings (SSSR count). The van der Waals surface area contributed by atoms with E-state index in [4.69, 9.17) is 0 Å². The molecule has 3 heterocycles. The molecule has 0 saturated carbocycles. The highest BCUT2D eigenvalue weighted by molar-refractivity contribution is 7.91. The van der Waals surface area contributed by atoms with E-state index in [0.717, 1.165) is 5.69 Å². The maximum absolute atomic E-state index is 12.5. The molecular formula is C14H18N4O3S2. The number of piperazine rings is 1. The van der Waals surface area contributed by atoms with Gasteiger partial charge in [0.1, 0.15) is 4.21 Å². The lowest BCUT2D eigenvalue weighted by Crippen LogP contribution is -2.50. The summed E-state index contributed by atoms with van der Waals surface area (Å²) < 4.78 is 28.4. The third-order valence-corrected chi connectivity index (χ3v) is 7.35. The highest BCUT2D eigenvalue weighted by Gasteiger charge is 2.31. The van der Waals surface area contributed by atoms with E-state index in [9.17, 15) is 13.2 Å². The van der Waals surface area contributed by atoms with Crippen LogP contribution in [0, 0.1) is 6.92 Å². The van der Waals surface area contributed by atoms with Crippen molar-refractivity contribution in [2.45, 2.75) is 11.1 Å². The van der Waals surface area contributed by atoms with Crippen molar-refractivity contribution in [1.29, 1.82) is 0 Å². The molecule has 1 aliphatic heterocycles. The number of aryl methyl sites for hydroxylation is 1. The molecule has 23 heavy (non-hydrogen) atoms. The van der Waals surface area contributed by atoms with Crippen LogP contribution in [0.1, 0.15) is 16.1 Å². The highest BCUT2D eigenvalue weighted by atomic mass is 32.2. The molecule has 0 atom stereocenters. The zero-order valence-electron chi connectivity index (χ0n) is 13.0. The van der Waals surface area contributed by atoms with E-state index < -0.39 is 10.0 Å². The number of nitrogens with zero attached hydrogens (tertiary/aromatic N) is 4. The summed E-state index contributed by atoms with van der Waals surface area (Å²) in [5.41, 5.74) is 1.38. The molecule has 0 N–H and O–H groups in total. The van der Waals surface area contributed by atoms with E-state index in [2.05, 4.69) is 5.10 Å². The summed E-state index contributed by atoms with van der Waals surface area (Å²) in [6, 6.07) is 3.33. The first-order valence-electron chi connectivity index (χ1n) is 7.23. The van der Waals surface area contributed by atoms with Gasteiger partial charge in [0.05, 0.1) is 11.8 Å². The standard InChI is InChI=1S/C14H18N4O3S2/c1-11-12(10-15-16(11)2)14(19)17-5-7-18(8-6-17)23(20,21)13-4-3-9-22-13/h3-4,9-10H,5-8H2,1-2H3. The second-order valence-corrected chi connectivity index (χ2v) is 8.51. The van der Waals surface area contributed by atoms with Crippen LogP contribution in [0.4, 0.5) is 0 Å². The lowest BCUT2D eigenvalue weighted by molar-refractivity contribution is 0.0697. The van der Waals surface area contributed by atoms with Crippen LogP contribution in [0.3, 0.4) is 0 Å². The Balaban J connectivity index is 1.69. The number of thiophene rings is 1. The first kappa shape index (κ1) is 16.2. The molecule has 2 aromatic heterocycles. The van der Waals surface area contributed by atoms with Gasteiger partial charge in [-0.05, 0) is 18.4 Å². The number of carbonyl (C=O) groups is 1. The van der Waals surface area contributed by atoms with E-state index in [1.807, 2.05) is 6.92 Å². The summed E-state index contributed by atoms with van der Waals surface area (Å²) in [7, 11) is -1.65. The number of rotatable bonds is 3. The molecule has 0 unspecified atom stereocenters. The largest absolute Gasteiger partial charge is 0.336 e. The van der Waals surface area contributed by atoms with E-state index in [1.54, 1.807) is 40.3 Å². The molecule has 0 aliphatic carbocycles. The topological polar surface area (TPSA) is 75.5 Å². The Morgan fingerprint density at radius 2 is 1.96 bits per heavy atom. The zero-order valence-corrected chi connectivity index (χ0v) is 14.6. The minimum absolute atomic E-state index is 0.0937. The van der Waals surface area contributed by atoms with Crippen LogP contribution >= 0.6 is 11.3 Å². The van der Waals surface area contributed by atoms with E-state index >= 15 is 0 Å². The number of amides is 1. The first-order chi connectivity index (χ1) is 10.9. The van der Waals surface area contributed by atoms with Crippen LogP contribution in [0.5, 0.6) is 0 Å². The van der Waals surface area contributed by atoms with Gasteiger partial charge in [0.2, 0.25) is 0 Å². The number of sulfonamides is 1. The van der Waals surface area contributed by atoms with Crippen LogP contribution in [0.25, 0.3) is 0 Å². The quantitative estimate of drug-likeness (QED) is 0.822. The third kappa shape index (κ3) is 2.91. The molecule has 1 aliphatic rings. The minimum Gasteiger partial charge on any atom is -0.336 e. The summed E-state index contributed by atoms with van der Waals surface area (Å²) in [5, 5.41) is 5.83. The van der Waals surface area contributed by atoms with Gasteiger partial charge < -0.3 is 4.90 Å². The summed E-state index contributed by atoms with van der Waals surface area (Å²) >= 11 is 1.21. The number of carbonyl (C=O) groups excluding carboxylic acids is 1. The molecule has 7 nitrogen and oxygen atoms in total. The second kappa shape index (κ2) is 6.06. The summed E-state index contributed by atoms with van der Waals surface area (Å²) in [6.07, 6.45) is 1.56. The van der Waals surface area contributed by atoms with Crippen LogP contribution in [0.2, 0.25) is 0 Å². The van der Waals surface area contributed by atoms with Crippen molar-refractivity contribution in [2.24, 2.45) is 7.05 Å². The Kier molecular flexibility index (Phi) is 4.26. The van der Waals surface area contributed by atoms with Gasteiger partial charge in [0, 0.05) is 38.9 Å².